The lowest BCUT2D eigenvalue weighted by Crippen LogP contribution is -2.05. The highest BCUT2D eigenvalue weighted by molar-refractivity contribution is 7.09. The van der Waals surface area contributed by atoms with E-state index in [0.717, 1.165) is 23.0 Å². The molecule has 0 aliphatic heterocycles. The average molecular weight is 269 g/mol. The molecule has 0 saturated heterocycles. The molecule has 0 atom stereocenters. The van der Waals surface area contributed by atoms with Gasteiger partial charge in [-0.25, -0.2) is 4.98 Å². The monoisotopic (exact) mass is 268 g/mol. The highest BCUT2D eigenvalue weighted by Gasteiger charge is 2.02. The van der Waals surface area contributed by atoms with Crippen LogP contribution in [0.1, 0.15) is 10.7 Å². The van der Waals surface area contributed by atoms with Crippen LogP contribution in [0.15, 0.2) is 29.6 Å². The van der Waals surface area contributed by atoms with E-state index in [1.807, 2.05) is 30.6 Å². The Morgan fingerprint density at radius 1 is 1.47 bits per heavy atom. The zero-order valence-corrected chi connectivity index (χ0v) is 11.0. The number of benzene rings is 1. The summed E-state index contributed by atoms with van der Waals surface area (Å²) in [5.74, 6) is 0.765. The standard InChI is InChI=1S/C12H13ClN2OS/c1-14-6-12-15-10(8-17-12)7-16-11-4-2-3-9(13)5-11/h2-5,8,14H,6-7H2,1H3. The minimum absolute atomic E-state index is 0.473. The number of hydrogen-bond acceptors (Lipinski definition) is 4. The predicted molar refractivity (Wildman–Crippen MR) is 70.7 cm³/mol. The van der Waals surface area contributed by atoms with Gasteiger partial charge in [-0.05, 0) is 25.2 Å². The Morgan fingerprint density at radius 3 is 3.12 bits per heavy atom. The maximum Gasteiger partial charge on any atom is 0.131 e. The number of rotatable bonds is 5. The number of nitrogens with zero attached hydrogens (tertiary/aromatic N) is 1. The van der Waals surface area contributed by atoms with Crippen molar-refractivity contribution in [3.63, 3.8) is 0 Å². The van der Waals surface area contributed by atoms with Crippen molar-refractivity contribution in [2.45, 2.75) is 13.2 Å². The molecule has 0 fully saturated rings. The first-order valence-electron chi connectivity index (χ1n) is 5.24. The third-order valence-corrected chi connectivity index (χ3v) is 3.24. The van der Waals surface area contributed by atoms with Crippen molar-refractivity contribution in [1.82, 2.24) is 10.3 Å². The topological polar surface area (TPSA) is 34.2 Å². The molecule has 2 rings (SSSR count). The number of aromatic nitrogens is 1. The van der Waals surface area contributed by atoms with Crippen LogP contribution < -0.4 is 10.1 Å². The van der Waals surface area contributed by atoms with Gasteiger partial charge >= 0.3 is 0 Å². The van der Waals surface area contributed by atoms with E-state index in [2.05, 4.69) is 10.3 Å². The molecule has 0 saturated carbocycles. The molecule has 1 aromatic carbocycles. The van der Waals surface area contributed by atoms with Crippen LogP contribution in [0.3, 0.4) is 0 Å². The molecule has 2 aromatic rings. The maximum atomic E-state index is 5.87. The van der Waals surface area contributed by atoms with Gasteiger partial charge in [0.05, 0.1) is 5.69 Å². The summed E-state index contributed by atoms with van der Waals surface area (Å²) in [6, 6.07) is 7.36. The second kappa shape index (κ2) is 6.00. The molecule has 0 radical (unpaired) electrons. The summed E-state index contributed by atoms with van der Waals surface area (Å²) in [7, 11) is 1.91. The molecule has 1 aromatic heterocycles. The first-order chi connectivity index (χ1) is 8.28. The fraction of sp³-hybridized carbons (Fsp3) is 0.250. The molecule has 1 N–H and O–H groups in total. The Morgan fingerprint density at radius 2 is 2.35 bits per heavy atom. The van der Waals surface area contributed by atoms with Gasteiger partial charge in [-0.2, -0.15) is 0 Å². The maximum absolute atomic E-state index is 5.87. The van der Waals surface area contributed by atoms with E-state index in [9.17, 15) is 0 Å². The predicted octanol–water partition coefficient (Wildman–Crippen LogP) is 3.09. The Bertz CT molecular complexity index is 487. The molecule has 0 unspecified atom stereocenters. The van der Waals surface area contributed by atoms with E-state index < -0.39 is 0 Å². The van der Waals surface area contributed by atoms with E-state index in [1.165, 1.54) is 0 Å². The smallest absolute Gasteiger partial charge is 0.131 e. The highest BCUT2D eigenvalue weighted by Crippen LogP contribution is 2.19. The molecule has 0 aliphatic rings. The Kier molecular flexibility index (Phi) is 4.36. The second-order valence-corrected chi connectivity index (χ2v) is 4.89. The summed E-state index contributed by atoms with van der Waals surface area (Å²) < 4.78 is 5.60. The molecule has 0 spiro atoms. The van der Waals surface area contributed by atoms with E-state index in [4.69, 9.17) is 16.3 Å². The first-order valence-corrected chi connectivity index (χ1v) is 6.50. The molecule has 1 heterocycles. The van der Waals surface area contributed by atoms with Crippen LogP contribution in [-0.2, 0) is 13.2 Å². The summed E-state index contributed by atoms with van der Waals surface area (Å²) in [6.45, 7) is 1.27. The van der Waals surface area contributed by atoms with Gasteiger partial charge < -0.3 is 10.1 Å². The van der Waals surface area contributed by atoms with Crippen LogP contribution in [0.5, 0.6) is 5.75 Å². The van der Waals surface area contributed by atoms with Crippen molar-refractivity contribution in [3.8, 4) is 5.75 Å². The number of hydrogen-bond donors (Lipinski definition) is 1. The molecule has 0 aliphatic carbocycles. The molecule has 0 amide bonds. The van der Waals surface area contributed by atoms with Gasteiger partial charge in [0.2, 0.25) is 0 Å². The largest absolute Gasteiger partial charge is 0.487 e. The lowest BCUT2D eigenvalue weighted by Gasteiger charge is -2.03. The molecule has 3 nitrogen and oxygen atoms in total. The lowest BCUT2D eigenvalue weighted by molar-refractivity contribution is 0.302. The van der Waals surface area contributed by atoms with Crippen molar-refractivity contribution in [1.29, 1.82) is 0 Å². The van der Waals surface area contributed by atoms with Gasteiger partial charge in [-0.1, -0.05) is 17.7 Å². The summed E-state index contributed by atoms with van der Waals surface area (Å²) in [4.78, 5) is 4.44. The Hall–Kier alpha value is -1.10. The highest BCUT2D eigenvalue weighted by atomic mass is 35.5. The van der Waals surface area contributed by atoms with Gasteiger partial charge in [0.15, 0.2) is 0 Å². The Balaban J connectivity index is 1.93. The molecular weight excluding hydrogens is 256 g/mol. The van der Waals surface area contributed by atoms with Crippen LogP contribution in [0.25, 0.3) is 0 Å². The van der Waals surface area contributed by atoms with Crippen LogP contribution in [-0.4, -0.2) is 12.0 Å². The van der Waals surface area contributed by atoms with Crippen LogP contribution in [0, 0.1) is 0 Å². The van der Waals surface area contributed by atoms with Gasteiger partial charge in [0, 0.05) is 16.9 Å². The third-order valence-electron chi connectivity index (χ3n) is 2.11. The lowest BCUT2D eigenvalue weighted by atomic mass is 10.3. The fourth-order valence-electron chi connectivity index (χ4n) is 1.36. The zero-order chi connectivity index (χ0) is 12.1. The normalized spacial score (nSPS) is 10.5. The van der Waals surface area contributed by atoms with E-state index in [0.29, 0.717) is 11.6 Å². The van der Waals surface area contributed by atoms with E-state index in [1.54, 1.807) is 17.4 Å². The van der Waals surface area contributed by atoms with Crippen molar-refractivity contribution in [2.24, 2.45) is 0 Å². The number of thiazole rings is 1. The summed E-state index contributed by atoms with van der Waals surface area (Å²) in [5.41, 5.74) is 0.945. The Labute approximate surface area is 109 Å². The molecule has 5 heteroatoms. The second-order valence-electron chi connectivity index (χ2n) is 3.51. The van der Waals surface area contributed by atoms with Crippen molar-refractivity contribution in [2.75, 3.05) is 7.05 Å². The minimum atomic E-state index is 0.473. The minimum Gasteiger partial charge on any atom is -0.487 e. The van der Waals surface area contributed by atoms with E-state index in [-0.39, 0.29) is 0 Å². The molecule has 90 valence electrons. The SMILES string of the molecule is CNCc1nc(COc2cccc(Cl)c2)cs1. The van der Waals surface area contributed by atoms with E-state index >= 15 is 0 Å². The number of halogens is 1. The van der Waals surface area contributed by atoms with Crippen LogP contribution in [0.2, 0.25) is 5.02 Å². The van der Waals surface area contributed by atoms with Crippen LogP contribution >= 0.6 is 22.9 Å². The summed E-state index contributed by atoms with van der Waals surface area (Å²) in [5, 5.41) is 6.82. The van der Waals surface area contributed by atoms with Crippen molar-refractivity contribution < 1.29 is 4.74 Å². The molecule has 0 bridgehead atoms. The van der Waals surface area contributed by atoms with Gasteiger partial charge in [-0.15, -0.1) is 11.3 Å². The number of nitrogens with one attached hydrogen (secondary N) is 1. The third kappa shape index (κ3) is 3.70. The quantitative estimate of drug-likeness (QED) is 0.905. The van der Waals surface area contributed by atoms with Crippen molar-refractivity contribution >= 4 is 22.9 Å². The molecule has 17 heavy (non-hydrogen) atoms. The van der Waals surface area contributed by atoms with Gasteiger partial charge in [-0.3, -0.25) is 0 Å². The first kappa shape index (κ1) is 12.4. The van der Waals surface area contributed by atoms with Crippen molar-refractivity contribution in [3.05, 3.63) is 45.4 Å². The van der Waals surface area contributed by atoms with Crippen LogP contribution in [0.4, 0.5) is 0 Å². The average Bonchev–Trinajstić information content (AvgIpc) is 2.75. The summed E-state index contributed by atoms with van der Waals surface area (Å²) >= 11 is 7.50. The van der Waals surface area contributed by atoms with Gasteiger partial charge in [0.25, 0.3) is 0 Å². The molecular formula is C12H13ClN2OS. The summed E-state index contributed by atoms with van der Waals surface area (Å²) in [6.07, 6.45) is 0. The van der Waals surface area contributed by atoms with Gasteiger partial charge in [0.1, 0.15) is 17.4 Å². The fourth-order valence-corrected chi connectivity index (χ4v) is 2.33. The zero-order valence-electron chi connectivity index (χ0n) is 9.44. The number of ether oxygens (including phenoxy) is 1.